The van der Waals surface area contributed by atoms with Crippen LogP contribution in [0.4, 0.5) is 5.69 Å². The van der Waals surface area contributed by atoms with Gasteiger partial charge in [0.25, 0.3) is 0 Å². The van der Waals surface area contributed by atoms with Crippen LogP contribution in [-0.2, 0) is 17.6 Å². The van der Waals surface area contributed by atoms with E-state index < -0.39 is 6.04 Å². The molecule has 0 saturated carbocycles. The summed E-state index contributed by atoms with van der Waals surface area (Å²) in [6, 6.07) is 14.1. The molecule has 2 aromatic carbocycles. The Morgan fingerprint density at radius 3 is 2.57 bits per heavy atom. The first kappa shape index (κ1) is 15.1. The molecule has 0 aliphatic heterocycles. The predicted octanol–water partition coefficient (Wildman–Crippen LogP) is 2.46. The lowest BCUT2D eigenvalue weighted by Gasteiger charge is -2.14. The number of carbonyl (C=O) groups excluding carboxylic acids is 1. The van der Waals surface area contributed by atoms with Gasteiger partial charge in [-0.3, -0.25) is 4.79 Å². The number of phenols is 1. The van der Waals surface area contributed by atoms with Crippen LogP contribution >= 0.6 is 0 Å². The van der Waals surface area contributed by atoms with E-state index in [9.17, 15) is 9.90 Å². The molecule has 0 radical (unpaired) electrons. The first-order valence-electron chi connectivity index (χ1n) is 7.02. The number of aromatic hydroxyl groups is 1. The second-order valence-electron chi connectivity index (χ2n) is 4.99. The number of hydrogen-bond acceptors (Lipinski definition) is 3. The van der Waals surface area contributed by atoms with Crippen molar-refractivity contribution in [3.63, 3.8) is 0 Å². The summed E-state index contributed by atoms with van der Waals surface area (Å²) in [4.78, 5) is 12.1. The lowest BCUT2D eigenvalue weighted by Crippen LogP contribution is -2.37. The Labute approximate surface area is 124 Å². The van der Waals surface area contributed by atoms with Gasteiger partial charge < -0.3 is 16.2 Å². The van der Waals surface area contributed by atoms with Crippen molar-refractivity contribution in [3.8, 4) is 5.75 Å². The number of nitrogens with two attached hydrogens (primary N) is 1. The van der Waals surface area contributed by atoms with E-state index in [4.69, 9.17) is 5.73 Å². The largest absolute Gasteiger partial charge is 0.506 e. The number of carbonyl (C=O) groups is 1. The van der Waals surface area contributed by atoms with E-state index in [1.165, 1.54) is 0 Å². The normalized spacial score (nSPS) is 11.9. The molecule has 21 heavy (non-hydrogen) atoms. The van der Waals surface area contributed by atoms with E-state index in [1.54, 1.807) is 12.1 Å². The molecule has 1 amide bonds. The third-order valence-electron chi connectivity index (χ3n) is 3.36. The molecular formula is C17H20N2O2. The summed E-state index contributed by atoms with van der Waals surface area (Å²) < 4.78 is 0. The maximum Gasteiger partial charge on any atom is 0.241 e. The summed E-state index contributed by atoms with van der Waals surface area (Å²) in [5, 5.41) is 12.5. The van der Waals surface area contributed by atoms with Gasteiger partial charge in [-0.15, -0.1) is 0 Å². The second-order valence-corrected chi connectivity index (χ2v) is 4.99. The number of hydrogen-bond donors (Lipinski definition) is 3. The smallest absolute Gasteiger partial charge is 0.241 e. The molecule has 4 N–H and O–H groups in total. The minimum Gasteiger partial charge on any atom is -0.506 e. The maximum absolute atomic E-state index is 12.1. The fourth-order valence-corrected chi connectivity index (χ4v) is 2.09. The van der Waals surface area contributed by atoms with E-state index in [1.807, 2.05) is 43.3 Å². The van der Waals surface area contributed by atoms with Crippen LogP contribution in [0.2, 0.25) is 0 Å². The topological polar surface area (TPSA) is 75.3 Å². The van der Waals surface area contributed by atoms with Crippen LogP contribution in [0.1, 0.15) is 18.1 Å². The summed E-state index contributed by atoms with van der Waals surface area (Å²) in [5.74, 6) is -0.255. The van der Waals surface area contributed by atoms with E-state index in [-0.39, 0.29) is 11.7 Å². The maximum atomic E-state index is 12.1. The van der Waals surface area contributed by atoms with Crippen LogP contribution < -0.4 is 11.1 Å². The minimum absolute atomic E-state index is 0.0486. The van der Waals surface area contributed by atoms with Crippen molar-refractivity contribution < 1.29 is 9.90 Å². The van der Waals surface area contributed by atoms with Crippen molar-refractivity contribution in [2.75, 3.05) is 5.32 Å². The molecule has 4 heteroatoms. The molecule has 0 bridgehead atoms. The highest BCUT2D eigenvalue weighted by molar-refractivity contribution is 5.96. The second kappa shape index (κ2) is 6.90. The highest BCUT2D eigenvalue weighted by Crippen LogP contribution is 2.24. The van der Waals surface area contributed by atoms with Crippen molar-refractivity contribution in [1.82, 2.24) is 0 Å². The Morgan fingerprint density at radius 2 is 1.90 bits per heavy atom. The molecule has 0 aliphatic rings. The highest BCUT2D eigenvalue weighted by Gasteiger charge is 2.15. The molecule has 1 unspecified atom stereocenters. The Morgan fingerprint density at radius 1 is 1.19 bits per heavy atom. The van der Waals surface area contributed by atoms with Gasteiger partial charge in [-0.1, -0.05) is 43.3 Å². The van der Waals surface area contributed by atoms with Gasteiger partial charge in [-0.25, -0.2) is 0 Å². The molecule has 0 heterocycles. The Kier molecular flexibility index (Phi) is 4.95. The van der Waals surface area contributed by atoms with Gasteiger partial charge >= 0.3 is 0 Å². The van der Waals surface area contributed by atoms with Gasteiger partial charge in [-0.2, -0.15) is 0 Å². The van der Waals surface area contributed by atoms with Gasteiger partial charge in [-0.05, 0) is 36.1 Å². The minimum atomic E-state index is -0.655. The van der Waals surface area contributed by atoms with Crippen LogP contribution in [0.5, 0.6) is 5.75 Å². The van der Waals surface area contributed by atoms with E-state index in [0.717, 1.165) is 17.5 Å². The Balaban J connectivity index is 2.04. The number of aryl methyl sites for hydroxylation is 1. The number of anilines is 1. The summed E-state index contributed by atoms with van der Waals surface area (Å²) in [6.45, 7) is 2.01. The van der Waals surface area contributed by atoms with Crippen molar-refractivity contribution in [3.05, 3.63) is 59.7 Å². The van der Waals surface area contributed by atoms with Gasteiger partial charge in [0.05, 0.1) is 11.7 Å². The first-order chi connectivity index (χ1) is 10.1. The molecular weight excluding hydrogens is 264 g/mol. The zero-order valence-electron chi connectivity index (χ0n) is 12.0. The van der Waals surface area contributed by atoms with Crippen molar-refractivity contribution >= 4 is 11.6 Å². The molecule has 0 aromatic heterocycles. The van der Waals surface area contributed by atoms with Gasteiger partial charge in [0.15, 0.2) is 0 Å². The van der Waals surface area contributed by atoms with E-state index in [2.05, 4.69) is 5.32 Å². The number of amides is 1. The van der Waals surface area contributed by atoms with Crippen molar-refractivity contribution in [1.29, 1.82) is 0 Å². The lowest BCUT2D eigenvalue weighted by atomic mass is 10.1. The first-order valence-corrected chi connectivity index (χ1v) is 7.02. The zero-order valence-corrected chi connectivity index (χ0v) is 12.0. The molecule has 2 aromatic rings. The zero-order chi connectivity index (χ0) is 15.2. The number of phenolic OH excluding ortho intramolecular Hbond substituents is 1. The standard InChI is InChI=1S/C17H20N2O2/c1-2-12-8-9-16(20)15(11-12)19-17(21)14(18)10-13-6-4-3-5-7-13/h3-9,11,14,20H,2,10,18H2,1H3,(H,19,21). The molecule has 0 saturated heterocycles. The third kappa shape index (κ3) is 4.07. The summed E-state index contributed by atoms with van der Waals surface area (Å²) in [7, 11) is 0. The fourth-order valence-electron chi connectivity index (χ4n) is 2.09. The van der Waals surface area contributed by atoms with E-state index in [0.29, 0.717) is 12.1 Å². The van der Waals surface area contributed by atoms with Gasteiger partial charge in [0, 0.05) is 0 Å². The average Bonchev–Trinajstić information content (AvgIpc) is 2.50. The van der Waals surface area contributed by atoms with Crippen LogP contribution in [0.15, 0.2) is 48.5 Å². The average molecular weight is 284 g/mol. The molecule has 2 rings (SSSR count). The predicted molar refractivity (Wildman–Crippen MR) is 84.2 cm³/mol. The third-order valence-corrected chi connectivity index (χ3v) is 3.36. The molecule has 1 atom stereocenters. The molecule has 0 aliphatic carbocycles. The molecule has 0 spiro atoms. The van der Waals surface area contributed by atoms with Crippen molar-refractivity contribution in [2.45, 2.75) is 25.8 Å². The van der Waals surface area contributed by atoms with Crippen LogP contribution in [-0.4, -0.2) is 17.1 Å². The quantitative estimate of drug-likeness (QED) is 0.738. The molecule has 0 fully saturated rings. The summed E-state index contributed by atoms with van der Waals surface area (Å²) in [5.41, 5.74) is 8.38. The SMILES string of the molecule is CCc1ccc(O)c(NC(=O)C(N)Cc2ccccc2)c1. The monoisotopic (exact) mass is 284 g/mol. The lowest BCUT2D eigenvalue weighted by molar-refractivity contribution is -0.117. The Hall–Kier alpha value is -2.33. The molecule has 4 nitrogen and oxygen atoms in total. The van der Waals surface area contributed by atoms with Crippen molar-refractivity contribution in [2.24, 2.45) is 5.73 Å². The van der Waals surface area contributed by atoms with Crippen LogP contribution in [0.3, 0.4) is 0 Å². The summed E-state index contributed by atoms with van der Waals surface area (Å²) in [6.07, 6.45) is 1.29. The molecule has 110 valence electrons. The number of rotatable bonds is 5. The van der Waals surface area contributed by atoms with Crippen LogP contribution in [0, 0.1) is 0 Å². The Bertz CT molecular complexity index is 611. The number of nitrogens with one attached hydrogen (secondary N) is 1. The highest BCUT2D eigenvalue weighted by atomic mass is 16.3. The number of benzene rings is 2. The van der Waals surface area contributed by atoms with E-state index >= 15 is 0 Å². The summed E-state index contributed by atoms with van der Waals surface area (Å²) >= 11 is 0. The van der Waals surface area contributed by atoms with Gasteiger partial charge in [0.1, 0.15) is 5.75 Å². The van der Waals surface area contributed by atoms with Gasteiger partial charge in [0.2, 0.25) is 5.91 Å². The fraction of sp³-hybridized carbons (Fsp3) is 0.235. The van der Waals surface area contributed by atoms with Crippen LogP contribution in [0.25, 0.3) is 0 Å².